The second-order valence-electron chi connectivity index (χ2n) is 10.2. The molecule has 36 heavy (non-hydrogen) atoms. The van der Waals surface area contributed by atoms with Gasteiger partial charge in [0.15, 0.2) is 12.4 Å². The lowest BCUT2D eigenvalue weighted by atomic mass is 9.85. The first-order valence-electron chi connectivity index (χ1n) is 12.8. The minimum absolute atomic E-state index is 0.0591. The number of ketones is 1. The maximum absolute atomic E-state index is 12.1. The Bertz CT molecular complexity index is 1140. The number of nitrogens with zero attached hydrogens (tertiary/aromatic N) is 1. The van der Waals surface area contributed by atoms with Crippen molar-refractivity contribution in [1.82, 2.24) is 0 Å². The van der Waals surface area contributed by atoms with Gasteiger partial charge in [0.2, 0.25) is 5.78 Å². The molecule has 0 atom stereocenters. The Kier molecular flexibility index (Phi) is 9.51. The fourth-order valence-electron chi connectivity index (χ4n) is 4.10. The highest BCUT2D eigenvalue weighted by atomic mass is 16.6. The molecule has 0 radical (unpaired) electrons. The average molecular weight is 490 g/mol. The predicted molar refractivity (Wildman–Crippen MR) is 145 cm³/mol. The van der Waals surface area contributed by atoms with Crippen molar-refractivity contribution >= 4 is 12.0 Å². The summed E-state index contributed by atoms with van der Waals surface area (Å²) in [4.78, 5) is 17.9. The van der Waals surface area contributed by atoms with E-state index in [-0.39, 0.29) is 12.4 Å². The smallest absolute Gasteiger partial charge is 0.235 e. The first-order chi connectivity index (χ1) is 17.2. The largest absolute Gasteiger partial charge is 0.485 e. The molecule has 5 nitrogen and oxygen atoms in total. The molecule has 3 aromatic rings. The zero-order valence-corrected chi connectivity index (χ0v) is 22.6. The van der Waals surface area contributed by atoms with Gasteiger partial charge in [-0.1, -0.05) is 71.0 Å². The maximum atomic E-state index is 12.1. The maximum Gasteiger partial charge on any atom is 0.235 e. The molecule has 0 fully saturated rings. The molecule has 0 aliphatic rings. The van der Waals surface area contributed by atoms with Crippen LogP contribution in [0.3, 0.4) is 0 Å². The van der Waals surface area contributed by atoms with Crippen LogP contribution in [-0.4, -0.2) is 18.6 Å². The van der Waals surface area contributed by atoms with E-state index in [4.69, 9.17) is 14.0 Å². The molecule has 2 aromatic carbocycles. The molecule has 0 spiro atoms. The van der Waals surface area contributed by atoms with Gasteiger partial charge in [0, 0.05) is 12.6 Å². The molecular formula is C31H39NO4. The first kappa shape index (κ1) is 27.3. The fraction of sp³-hybridized carbons (Fsp3) is 0.419. The fourth-order valence-corrected chi connectivity index (χ4v) is 4.10. The van der Waals surface area contributed by atoms with Crippen molar-refractivity contribution in [1.29, 1.82) is 0 Å². The second-order valence-corrected chi connectivity index (χ2v) is 10.2. The zero-order valence-electron chi connectivity index (χ0n) is 22.6. The normalized spacial score (nSPS) is 11.7. The van der Waals surface area contributed by atoms with Gasteiger partial charge in [-0.25, -0.2) is 0 Å². The number of carbonyl (C=O) groups is 1. The molecule has 0 aliphatic carbocycles. The lowest BCUT2D eigenvalue weighted by molar-refractivity contribution is 0.0892. The summed E-state index contributed by atoms with van der Waals surface area (Å²) in [5.41, 5.74) is 6.40. The van der Waals surface area contributed by atoms with Gasteiger partial charge in [-0.3, -0.25) is 4.79 Å². The molecule has 0 unspecified atom stereocenters. The van der Waals surface area contributed by atoms with E-state index in [9.17, 15) is 4.79 Å². The molecule has 0 aliphatic heterocycles. The van der Waals surface area contributed by atoms with Crippen LogP contribution in [0.5, 0.6) is 5.75 Å². The predicted octanol–water partition coefficient (Wildman–Crippen LogP) is 7.97. The monoisotopic (exact) mass is 489 g/mol. The standard InChI is InChI=1S/C31H39NO4/c1-20(2)25-16-27(21(3)4)29(28(17-25)22(5)6)18-35-32-15-14-24-9-11-26(12-10-24)34-19-30(33)31-13-8-23(7)36-31/h8-13,15-17,20-22H,14,18-19H2,1-7H3. The first-order valence-corrected chi connectivity index (χ1v) is 12.8. The number of oxime groups is 1. The van der Waals surface area contributed by atoms with E-state index in [1.807, 2.05) is 24.3 Å². The molecule has 3 rings (SSSR count). The number of ether oxygens (including phenoxy) is 1. The molecule has 0 saturated heterocycles. The third-order valence-corrected chi connectivity index (χ3v) is 6.25. The minimum Gasteiger partial charge on any atom is -0.485 e. The molecule has 0 N–H and O–H groups in total. The van der Waals surface area contributed by atoms with Crippen LogP contribution in [0.4, 0.5) is 0 Å². The number of Topliss-reactive ketones (excluding diaryl/α,β-unsaturated/α-hetero) is 1. The summed E-state index contributed by atoms with van der Waals surface area (Å²) in [7, 11) is 0. The SMILES string of the molecule is Cc1ccc(C(=O)COc2ccc(CC=NOCc3c(C(C)C)cc(C(C)C)cc3C(C)C)cc2)o1. The number of aryl methyl sites for hydroxylation is 1. The number of rotatable bonds is 12. The van der Waals surface area contributed by atoms with Crippen LogP contribution in [-0.2, 0) is 17.9 Å². The van der Waals surface area contributed by atoms with Crippen molar-refractivity contribution in [3.8, 4) is 5.75 Å². The summed E-state index contributed by atoms with van der Waals surface area (Å²) in [5.74, 6) is 2.80. The Labute approximate surface area is 215 Å². The van der Waals surface area contributed by atoms with E-state index in [2.05, 4.69) is 58.8 Å². The van der Waals surface area contributed by atoms with Gasteiger partial charge < -0.3 is 14.0 Å². The van der Waals surface area contributed by atoms with Crippen LogP contribution >= 0.6 is 0 Å². The topological polar surface area (TPSA) is 61.0 Å². The van der Waals surface area contributed by atoms with Crippen LogP contribution in [0.1, 0.15) is 103 Å². The zero-order chi connectivity index (χ0) is 26.2. The van der Waals surface area contributed by atoms with Crippen molar-refractivity contribution in [2.24, 2.45) is 5.16 Å². The van der Waals surface area contributed by atoms with Gasteiger partial charge in [0.05, 0.1) is 0 Å². The van der Waals surface area contributed by atoms with Crippen LogP contribution in [0.25, 0.3) is 0 Å². The summed E-state index contributed by atoms with van der Waals surface area (Å²) >= 11 is 0. The summed E-state index contributed by atoms with van der Waals surface area (Å²) in [6, 6.07) is 15.7. The third kappa shape index (κ3) is 7.33. The number of hydrogen-bond donors (Lipinski definition) is 0. The van der Waals surface area contributed by atoms with Gasteiger partial charge in [-0.05, 0) is 76.8 Å². The van der Waals surface area contributed by atoms with Crippen molar-refractivity contribution in [2.45, 2.75) is 79.2 Å². The second kappa shape index (κ2) is 12.6. The van der Waals surface area contributed by atoms with Crippen LogP contribution in [0, 0.1) is 6.92 Å². The quantitative estimate of drug-likeness (QED) is 0.147. The summed E-state index contributed by atoms with van der Waals surface area (Å²) < 4.78 is 10.9. The molecule has 5 heteroatoms. The van der Waals surface area contributed by atoms with Gasteiger partial charge >= 0.3 is 0 Å². The van der Waals surface area contributed by atoms with Crippen molar-refractivity contribution in [3.05, 3.63) is 87.9 Å². The van der Waals surface area contributed by atoms with E-state index in [1.54, 1.807) is 25.3 Å². The molecule has 1 aromatic heterocycles. The molecular weight excluding hydrogens is 450 g/mol. The number of hydrogen-bond acceptors (Lipinski definition) is 5. The van der Waals surface area contributed by atoms with Gasteiger partial charge in [-0.2, -0.15) is 0 Å². The molecule has 192 valence electrons. The van der Waals surface area contributed by atoms with Crippen molar-refractivity contribution < 1.29 is 18.8 Å². The molecule has 1 heterocycles. The van der Waals surface area contributed by atoms with Gasteiger partial charge in [0.1, 0.15) is 18.1 Å². The third-order valence-electron chi connectivity index (χ3n) is 6.25. The van der Waals surface area contributed by atoms with Crippen molar-refractivity contribution in [2.75, 3.05) is 6.61 Å². The van der Waals surface area contributed by atoms with Crippen molar-refractivity contribution in [3.63, 3.8) is 0 Å². The van der Waals surface area contributed by atoms with E-state index >= 15 is 0 Å². The minimum atomic E-state index is -0.184. The summed E-state index contributed by atoms with van der Waals surface area (Å²) in [6.45, 7) is 15.6. The lowest BCUT2D eigenvalue weighted by Gasteiger charge is -2.22. The lowest BCUT2D eigenvalue weighted by Crippen LogP contribution is -2.10. The Balaban J connectivity index is 1.55. The summed E-state index contributed by atoms with van der Waals surface area (Å²) in [6.07, 6.45) is 2.43. The van der Waals surface area contributed by atoms with E-state index in [0.29, 0.717) is 48.1 Å². The average Bonchev–Trinajstić information content (AvgIpc) is 3.28. The number of carbonyl (C=O) groups excluding carboxylic acids is 1. The molecule has 0 saturated carbocycles. The van der Waals surface area contributed by atoms with E-state index < -0.39 is 0 Å². The highest BCUT2D eigenvalue weighted by Gasteiger charge is 2.17. The number of benzene rings is 2. The Morgan fingerprint density at radius 2 is 1.56 bits per heavy atom. The molecule has 0 amide bonds. The summed E-state index contributed by atoms with van der Waals surface area (Å²) in [5, 5.41) is 4.23. The Morgan fingerprint density at radius 3 is 2.08 bits per heavy atom. The van der Waals surface area contributed by atoms with Crippen LogP contribution in [0.15, 0.2) is 58.1 Å². The highest BCUT2D eigenvalue weighted by molar-refractivity contribution is 5.94. The Morgan fingerprint density at radius 1 is 0.917 bits per heavy atom. The van der Waals surface area contributed by atoms with Gasteiger partial charge in [0.25, 0.3) is 0 Å². The van der Waals surface area contributed by atoms with Gasteiger partial charge in [-0.15, -0.1) is 0 Å². The van der Waals surface area contributed by atoms with E-state index in [1.165, 1.54) is 22.3 Å². The number of furan rings is 1. The molecule has 0 bridgehead atoms. The van der Waals surface area contributed by atoms with E-state index in [0.717, 1.165) is 5.56 Å². The van der Waals surface area contributed by atoms with Crippen LogP contribution < -0.4 is 4.74 Å². The Hall–Kier alpha value is -3.34. The van der Waals surface area contributed by atoms with Crippen LogP contribution in [0.2, 0.25) is 0 Å². The highest BCUT2D eigenvalue weighted by Crippen LogP contribution is 2.32.